The lowest BCUT2D eigenvalue weighted by Crippen LogP contribution is -2.38. The molecule has 1 fully saturated rings. The van der Waals surface area contributed by atoms with Gasteiger partial charge in [0.2, 0.25) is 0 Å². The van der Waals surface area contributed by atoms with Gasteiger partial charge in [0.15, 0.2) is 0 Å². The van der Waals surface area contributed by atoms with Crippen LogP contribution < -0.4 is 5.32 Å². The van der Waals surface area contributed by atoms with E-state index in [4.69, 9.17) is 0 Å². The van der Waals surface area contributed by atoms with Gasteiger partial charge in [-0.15, -0.1) is 0 Å². The molecule has 3 nitrogen and oxygen atoms in total. The molecule has 1 atom stereocenters. The predicted molar refractivity (Wildman–Crippen MR) is 41.5 cm³/mol. The number of nitrogens with zero attached hydrogens (tertiary/aromatic N) is 2. The highest BCUT2D eigenvalue weighted by atomic mass is 15.2. The standard InChI is InChI=1S/C7H11N3/c1-5-6-4-8-3-2-7(6)10-9-5/h6,8H,2-4H2,1H3/t6-/m1/s1. The van der Waals surface area contributed by atoms with Crippen LogP contribution >= 0.6 is 0 Å². The van der Waals surface area contributed by atoms with Gasteiger partial charge < -0.3 is 5.32 Å². The smallest absolute Gasteiger partial charge is 0.0518 e. The van der Waals surface area contributed by atoms with E-state index in [1.54, 1.807) is 0 Å². The van der Waals surface area contributed by atoms with Crippen LogP contribution in [0.1, 0.15) is 13.3 Å². The molecule has 0 aromatic rings. The molecule has 0 aliphatic carbocycles. The van der Waals surface area contributed by atoms with E-state index < -0.39 is 0 Å². The van der Waals surface area contributed by atoms with Crippen LogP contribution in [0.4, 0.5) is 0 Å². The van der Waals surface area contributed by atoms with Gasteiger partial charge in [-0.3, -0.25) is 0 Å². The van der Waals surface area contributed by atoms with E-state index >= 15 is 0 Å². The summed E-state index contributed by atoms with van der Waals surface area (Å²) in [6, 6.07) is 0. The Morgan fingerprint density at radius 2 is 2.40 bits per heavy atom. The molecule has 0 amide bonds. The van der Waals surface area contributed by atoms with Gasteiger partial charge in [0.25, 0.3) is 0 Å². The van der Waals surface area contributed by atoms with Crippen molar-refractivity contribution in [3.05, 3.63) is 0 Å². The first-order valence-electron chi connectivity index (χ1n) is 3.69. The monoisotopic (exact) mass is 137 g/mol. The van der Waals surface area contributed by atoms with Gasteiger partial charge in [-0.25, -0.2) is 0 Å². The van der Waals surface area contributed by atoms with Crippen molar-refractivity contribution >= 4 is 11.4 Å². The number of rotatable bonds is 0. The van der Waals surface area contributed by atoms with Gasteiger partial charge in [0.1, 0.15) is 0 Å². The van der Waals surface area contributed by atoms with Crippen LogP contribution in [0.3, 0.4) is 0 Å². The SMILES string of the molecule is CC1=NN=C2CCNC[C@H]12. The van der Waals surface area contributed by atoms with Crippen molar-refractivity contribution in [2.24, 2.45) is 16.1 Å². The third kappa shape index (κ3) is 0.778. The molecule has 0 aromatic carbocycles. The topological polar surface area (TPSA) is 36.8 Å². The molecule has 0 saturated carbocycles. The molecule has 3 heteroatoms. The number of hydrogen-bond acceptors (Lipinski definition) is 3. The Bertz CT molecular complexity index is 205. The van der Waals surface area contributed by atoms with E-state index in [0.29, 0.717) is 5.92 Å². The average molecular weight is 137 g/mol. The van der Waals surface area contributed by atoms with Crippen molar-refractivity contribution in [1.82, 2.24) is 5.32 Å². The third-order valence-electron chi connectivity index (χ3n) is 2.15. The fourth-order valence-electron chi connectivity index (χ4n) is 1.48. The Balaban J connectivity index is 2.19. The maximum atomic E-state index is 4.10. The summed E-state index contributed by atoms with van der Waals surface area (Å²) in [6.07, 6.45) is 1.07. The highest BCUT2D eigenvalue weighted by Crippen LogP contribution is 2.15. The largest absolute Gasteiger partial charge is 0.315 e. The second-order valence-corrected chi connectivity index (χ2v) is 2.84. The van der Waals surface area contributed by atoms with Gasteiger partial charge >= 0.3 is 0 Å². The summed E-state index contributed by atoms with van der Waals surface area (Å²) in [7, 11) is 0. The molecule has 2 aliphatic rings. The van der Waals surface area contributed by atoms with E-state index in [-0.39, 0.29) is 0 Å². The normalized spacial score (nSPS) is 31.1. The summed E-state index contributed by atoms with van der Waals surface area (Å²) < 4.78 is 0. The molecule has 1 N–H and O–H groups in total. The molecule has 2 heterocycles. The predicted octanol–water partition coefficient (Wildman–Crippen LogP) is 0.426. The minimum atomic E-state index is 0.522. The van der Waals surface area contributed by atoms with Gasteiger partial charge in [0, 0.05) is 25.2 Å². The van der Waals surface area contributed by atoms with Crippen LogP contribution in [-0.4, -0.2) is 24.5 Å². The van der Waals surface area contributed by atoms with E-state index in [2.05, 4.69) is 15.5 Å². The van der Waals surface area contributed by atoms with E-state index in [1.165, 1.54) is 11.4 Å². The fourth-order valence-corrected chi connectivity index (χ4v) is 1.48. The summed E-state index contributed by atoms with van der Waals surface area (Å²) in [5.41, 5.74) is 2.44. The van der Waals surface area contributed by atoms with Gasteiger partial charge in [0.05, 0.1) is 11.6 Å². The molecule has 0 bridgehead atoms. The zero-order valence-corrected chi connectivity index (χ0v) is 6.09. The highest BCUT2D eigenvalue weighted by Gasteiger charge is 2.26. The van der Waals surface area contributed by atoms with Crippen molar-refractivity contribution in [2.45, 2.75) is 13.3 Å². The first-order valence-corrected chi connectivity index (χ1v) is 3.69. The van der Waals surface area contributed by atoms with Crippen molar-refractivity contribution in [2.75, 3.05) is 13.1 Å². The molecule has 2 rings (SSSR count). The van der Waals surface area contributed by atoms with Crippen molar-refractivity contribution < 1.29 is 0 Å². The molecule has 0 aromatic heterocycles. The number of hydrogen-bond donors (Lipinski definition) is 1. The highest BCUT2D eigenvalue weighted by molar-refractivity contribution is 6.10. The number of piperidine rings is 1. The average Bonchev–Trinajstić information content (AvgIpc) is 2.34. The Kier molecular flexibility index (Phi) is 1.31. The molecular formula is C7H11N3. The molecular weight excluding hydrogens is 126 g/mol. The molecule has 0 radical (unpaired) electrons. The van der Waals surface area contributed by atoms with Crippen LogP contribution in [0.2, 0.25) is 0 Å². The van der Waals surface area contributed by atoms with Crippen LogP contribution in [-0.2, 0) is 0 Å². The Labute approximate surface area is 60.2 Å². The molecule has 2 aliphatic heterocycles. The maximum Gasteiger partial charge on any atom is 0.0518 e. The summed E-state index contributed by atoms with van der Waals surface area (Å²) in [6.45, 7) is 4.15. The van der Waals surface area contributed by atoms with Crippen LogP contribution in [0.5, 0.6) is 0 Å². The summed E-state index contributed by atoms with van der Waals surface area (Å²) in [5, 5.41) is 11.5. The van der Waals surface area contributed by atoms with E-state index in [1.807, 2.05) is 6.92 Å². The summed E-state index contributed by atoms with van der Waals surface area (Å²) >= 11 is 0. The summed E-state index contributed by atoms with van der Waals surface area (Å²) in [4.78, 5) is 0. The lowest BCUT2D eigenvalue weighted by Gasteiger charge is -2.19. The van der Waals surface area contributed by atoms with Crippen molar-refractivity contribution in [1.29, 1.82) is 0 Å². The first-order chi connectivity index (χ1) is 4.88. The lowest BCUT2D eigenvalue weighted by molar-refractivity contribution is 0.628. The molecule has 0 spiro atoms. The molecule has 0 unspecified atom stereocenters. The molecule has 1 saturated heterocycles. The lowest BCUT2D eigenvalue weighted by atomic mass is 9.94. The third-order valence-corrected chi connectivity index (χ3v) is 2.15. The van der Waals surface area contributed by atoms with Gasteiger partial charge in [-0.05, 0) is 6.92 Å². The second-order valence-electron chi connectivity index (χ2n) is 2.84. The van der Waals surface area contributed by atoms with Gasteiger partial charge in [-0.2, -0.15) is 10.2 Å². The van der Waals surface area contributed by atoms with Gasteiger partial charge in [-0.1, -0.05) is 0 Å². The molecule has 10 heavy (non-hydrogen) atoms. The van der Waals surface area contributed by atoms with Crippen molar-refractivity contribution in [3.63, 3.8) is 0 Å². The Morgan fingerprint density at radius 3 is 3.20 bits per heavy atom. The first kappa shape index (κ1) is 6.04. The Hall–Kier alpha value is -0.700. The zero-order chi connectivity index (χ0) is 6.97. The maximum absolute atomic E-state index is 4.10. The van der Waals surface area contributed by atoms with Crippen LogP contribution in [0.15, 0.2) is 10.2 Å². The number of nitrogens with one attached hydrogen (secondary N) is 1. The van der Waals surface area contributed by atoms with Crippen molar-refractivity contribution in [3.8, 4) is 0 Å². The Morgan fingerprint density at radius 1 is 1.50 bits per heavy atom. The minimum absolute atomic E-state index is 0.522. The molecule has 54 valence electrons. The second kappa shape index (κ2) is 2.16. The summed E-state index contributed by atoms with van der Waals surface area (Å²) in [5.74, 6) is 0.522. The fraction of sp³-hybridized carbons (Fsp3) is 0.714. The van der Waals surface area contributed by atoms with E-state index in [9.17, 15) is 0 Å². The minimum Gasteiger partial charge on any atom is -0.315 e. The van der Waals surface area contributed by atoms with Crippen LogP contribution in [0, 0.1) is 5.92 Å². The zero-order valence-electron chi connectivity index (χ0n) is 6.09. The van der Waals surface area contributed by atoms with E-state index in [0.717, 1.165) is 19.5 Å². The quantitative estimate of drug-likeness (QED) is 0.516. The van der Waals surface area contributed by atoms with Crippen LogP contribution in [0.25, 0.3) is 0 Å². The number of fused-ring (bicyclic) bond motifs is 1.